The van der Waals surface area contributed by atoms with Gasteiger partial charge in [-0.3, -0.25) is 14.6 Å². The van der Waals surface area contributed by atoms with Crippen LogP contribution in [-0.4, -0.2) is 63.5 Å². The molecular weight excluding hydrogens is 402 g/mol. The summed E-state index contributed by atoms with van der Waals surface area (Å²) < 4.78 is 0. The van der Waals surface area contributed by atoms with Crippen LogP contribution in [0, 0.1) is 6.92 Å². The van der Waals surface area contributed by atoms with Crippen LogP contribution in [0.3, 0.4) is 0 Å². The van der Waals surface area contributed by atoms with Gasteiger partial charge in [-0.15, -0.1) is 0 Å². The number of nitrogens with zero attached hydrogens (tertiary/aromatic N) is 3. The number of aromatic nitrogens is 1. The van der Waals surface area contributed by atoms with E-state index in [2.05, 4.69) is 48.3 Å². The summed E-state index contributed by atoms with van der Waals surface area (Å²) in [5, 5.41) is 10.0. The number of rotatable bonds is 4. The monoisotopic (exact) mass is 427 g/mol. The van der Waals surface area contributed by atoms with Gasteiger partial charge >= 0.3 is 0 Å². The minimum atomic E-state index is -0.255. The van der Waals surface area contributed by atoms with Gasteiger partial charge in [0.05, 0.1) is 18.7 Å². The molecule has 3 atom stereocenters. The highest BCUT2D eigenvalue weighted by Gasteiger charge is 2.54. The molecule has 0 spiro atoms. The first-order chi connectivity index (χ1) is 15.6. The number of piperazine rings is 1. The smallest absolute Gasteiger partial charge is 0.254 e. The molecule has 3 heterocycles. The summed E-state index contributed by atoms with van der Waals surface area (Å²) in [6.45, 7) is 2.49. The van der Waals surface area contributed by atoms with Crippen molar-refractivity contribution >= 4 is 11.8 Å². The van der Waals surface area contributed by atoms with Crippen LogP contribution in [0.15, 0.2) is 73.1 Å². The molecule has 6 nitrogen and oxygen atoms in total. The van der Waals surface area contributed by atoms with Gasteiger partial charge in [0.1, 0.15) is 6.54 Å². The number of aliphatic hydroxyl groups is 1. The van der Waals surface area contributed by atoms with E-state index in [1.165, 1.54) is 11.1 Å². The quantitative estimate of drug-likeness (QED) is 0.695. The topological polar surface area (TPSA) is 73.7 Å². The van der Waals surface area contributed by atoms with Crippen LogP contribution in [0.5, 0.6) is 0 Å². The molecule has 1 aromatic heterocycles. The minimum absolute atomic E-state index is 0.0112. The molecule has 5 rings (SSSR count). The number of benzene rings is 2. The van der Waals surface area contributed by atoms with Crippen LogP contribution in [0.1, 0.15) is 27.4 Å². The normalized spacial score (nSPS) is 22.3. The zero-order valence-electron chi connectivity index (χ0n) is 17.9. The fourth-order valence-electron chi connectivity index (χ4n) is 5.11. The van der Waals surface area contributed by atoms with Gasteiger partial charge in [-0.2, -0.15) is 0 Å². The van der Waals surface area contributed by atoms with E-state index in [-0.39, 0.29) is 43.0 Å². The highest BCUT2D eigenvalue weighted by molar-refractivity contribution is 5.97. The van der Waals surface area contributed by atoms with E-state index in [1.54, 1.807) is 34.3 Å². The number of carbonyl (C=O) groups excluding carboxylic acids is 2. The van der Waals surface area contributed by atoms with Crippen molar-refractivity contribution in [2.75, 3.05) is 19.7 Å². The fourth-order valence-corrected chi connectivity index (χ4v) is 5.11. The number of carbonyl (C=O) groups is 2. The first-order valence-corrected chi connectivity index (χ1v) is 10.9. The molecule has 6 heteroatoms. The highest BCUT2D eigenvalue weighted by atomic mass is 16.3. The number of hydrogen-bond acceptors (Lipinski definition) is 4. The Morgan fingerprint density at radius 3 is 2.47 bits per heavy atom. The maximum atomic E-state index is 12.9. The average molecular weight is 428 g/mol. The molecule has 1 N–H and O–H groups in total. The molecule has 2 aliphatic heterocycles. The molecule has 0 saturated carbocycles. The van der Waals surface area contributed by atoms with E-state index in [4.69, 9.17) is 0 Å². The molecular formula is C26H25N3O3. The summed E-state index contributed by atoms with van der Waals surface area (Å²) in [4.78, 5) is 33.1. The molecule has 162 valence electrons. The standard InChI is InChI=1S/C26H25N3O3/c1-17-4-2-3-5-21(17)18-6-8-19(9-7-18)25-22-14-28(15-24(31)29(22)23(25)16-30)26(32)20-10-12-27-13-11-20/h2-13,22-23,25,30H,14-16H2,1H3/t22-,23+,25+/m1/s1. The number of fused-ring (bicyclic) bond motifs is 1. The molecule has 2 aliphatic rings. The van der Waals surface area contributed by atoms with E-state index in [0.717, 1.165) is 11.1 Å². The molecule has 0 unspecified atom stereocenters. The lowest BCUT2D eigenvalue weighted by molar-refractivity contribution is -0.159. The van der Waals surface area contributed by atoms with Gasteiger partial charge in [-0.1, -0.05) is 48.5 Å². The van der Waals surface area contributed by atoms with E-state index in [1.807, 2.05) is 12.1 Å². The predicted octanol–water partition coefficient (Wildman–Crippen LogP) is 2.87. The first-order valence-electron chi connectivity index (χ1n) is 10.9. The lowest BCUT2D eigenvalue weighted by Gasteiger charge is -2.58. The van der Waals surface area contributed by atoms with Crippen LogP contribution >= 0.6 is 0 Å². The Morgan fingerprint density at radius 2 is 1.78 bits per heavy atom. The Labute approximate surface area is 187 Å². The summed E-state index contributed by atoms with van der Waals surface area (Å²) >= 11 is 0. The summed E-state index contributed by atoms with van der Waals surface area (Å²) in [5.41, 5.74) is 5.14. The van der Waals surface area contributed by atoms with Gasteiger partial charge in [-0.25, -0.2) is 0 Å². The van der Waals surface area contributed by atoms with Gasteiger partial charge < -0.3 is 14.9 Å². The van der Waals surface area contributed by atoms with Crippen molar-refractivity contribution in [2.45, 2.75) is 24.9 Å². The number of pyridine rings is 1. The van der Waals surface area contributed by atoms with Crippen LogP contribution in [-0.2, 0) is 4.79 Å². The molecule has 3 aromatic rings. The fraction of sp³-hybridized carbons (Fsp3) is 0.269. The molecule has 2 saturated heterocycles. The van der Waals surface area contributed by atoms with Gasteiger partial charge in [-0.05, 0) is 41.3 Å². The van der Waals surface area contributed by atoms with E-state index in [9.17, 15) is 14.7 Å². The van der Waals surface area contributed by atoms with Crippen LogP contribution in [0.2, 0.25) is 0 Å². The second kappa shape index (κ2) is 8.20. The maximum absolute atomic E-state index is 12.9. The summed E-state index contributed by atoms with van der Waals surface area (Å²) in [6, 6.07) is 19.6. The average Bonchev–Trinajstić information content (AvgIpc) is 2.81. The molecule has 0 bridgehead atoms. The van der Waals surface area contributed by atoms with Crippen molar-refractivity contribution in [1.29, 1.82) is 0 Å². The van der Waals surface area contributed by atoms with Gasteiger partial charge in [0.2, 0.25) is 5.91 Å². The molecule has 2 fully saturated rings. The minimum Gasteiger partial charge on any atom is -0.394 e. The van der Waals surface area contributed by atoms with Crippen molar-refractivity contribution in [2.24, 2.45) is 0 Å². The van der Waals surface area contributed by atoms with Gasteiger partial charge in [0.25, 0.3) is 5.91 Å². The first kappa shape index (κ1) is 20.4. The Morgan fingerprint density at radius 1 is 1.06 bits per heavy atom. The van der Waals surface area contributed by atoms with Crippen molar-refractivity contribution in [3.8, 4) is 11.1 Å². The largest absolute Gasteiger partial charge is 0.394 e. The SMILES string of the molecule is Cc1ccccc1-c1ccc([C@H]2[C@H]3CN(C(=O)c4ccncc4)CC(=O)N3[C@H]2CO)cc1. The summed E-state index contributed by atoms with van der Waals surface area (Å²) in [7, 11) is 0. The van der Waals surface area contributed by atoms with Crippen LogP contribution in [0.25, 0.3) is 11.1 Å². The molecule has 0 radical (unpaired) electrons. The van der Waals surface area contributed by atoms with Crippen molar-refractivity contribution in [1.82, 2.24) is 14.8 Å². The number of hydrogen-bond donors (Lipinski definition) is 1. The van der Waals surface area contributed by atoms with Crippen molar-refractivity contribution in [3.05, 3.63) is 89.7 Å². The molecule has 2 amide bonds. The second-order valence-corrected chi connectivity index (χ2v) is 8.50. The van der Waals surface area contributed by atoms with E-state index < -0.39 is 0 Å². The second-order valence-electron chi connectivity index (χ2n) is 8.50. The van der Waals surface area contributed by atoms with Crippen LogP contribution < -0.4 is 0 Å². The summed E-state index contributed by atoms with van der Waals surface area (Å²) in [5.74, 6) is -0.292. The van der Waals surface area contributed by atoms with E-state index in [0.29, 0.717) is 12.1 Å². The van der Waals surface area contributed by atoms with Crippen molar-refractivity contribution < 1.29 is 14.7 Å². The van der Waals surface area contributed by atoms with Gasteiger partial charge in [0, 0.05) is 30.4 Å². The lowest BCUT2D eigenvalue weighted by atomic mass is 9.73. The zero-order chi connectivity index (χ0) is 22.2. The van der Waals surface area contributed by atoms with Gasteiger partial charge in [0.15, 0.2) is 0 Å². The predicted molar refractivity (Wildman–Crippen MR) is 121 cm³/mol. The van der Waals surface area contributed by atoms with Crippen LogP contribution in [0.4, 0.5) is 0 Å². The van der Waals surface area contributed by atoms with E-state index >= 15 is 0 Å². The van der Waals surface area contributed by atoms with Crippen molar-refractivity contribution in [3.63, 3.8) is 0 Å². The molecule has 32 heavy (non-hydrogen) atoms. The number of aryl methyl sites for hydroxylation is 1. The Kier molecular flexibility index (Phi) is 5.23. The Balaban J connectivity index is 1.40. The zero-order valence-corrected chi connectivity index (χ0v) is 17.9. The Hall–Kier alpha value is -3.51. The maximum Gasteiger partial charge on any atom is 0.254 e. The third kappa shape index (κ3) is 3.37. The third-order valence-electron chi connectivity index (χ3n) is 6.72. The molecule has 2 aromatic carbocycles. The third-order valence-corrected chi connectivity index (χ3v) is 6.72. The summed E-state index contributed by atoms with van der Waals surface area (Å²) in [6.07, 6.45) is 3.16. The highest BCUT2D eigenvalue weighted by Crippen LogP contribution is 2.43. The Bertz CT molecular complexity index is 1150. The lowest BCUT2D eigenvalue weighted by Crippen LogP contribution is -2.73. The molecule has 0 aliphatic carbocycles. The number of amides is 2. The number of aliphatic hydroxyl groups excluding tert-OH is 1.